The molecule has 23 heavy (non-hydrogen) atoms. The Balaban J connectivity index is 1.78. The van der Waals surface area contributed by atoms with E-state index >= 15 is 0 Å². The van der Waals surface area contributed by atoms with Gasteiger partial charge in [-0.05, 0) is 24.3 Å². The number of nitro groups is 1. The van der Waals surface area contributed by atoms with Gasteiger partial charge in [-0.1, -0.05) is 23.7 Å². The number of anilines is 1. The first kappa shape index (κ1) is 15.0. The van der Waals surface area contributed by atoms with Crippen molar-refractivity contribution < 1.29 is 14.5 Å². The van der Waals surface area contributed by atoms with E-state index in [0.29, 0.717) is 16.8 Å². The van der Waals surface area contributed by atoms with Gasteiger partial charge in [-0.25, -0.2) is 0 Å². The number of fused-ring (bicyclic) bond motifs is 1. The summed E-state index contributed by atoms with van der Waals surface area (Å²) in [4.78, 5) is 35.7. The minimum Gasteiger partial charge on any atom is -0.367 e. The van der Waals surface area contributed by atoms with Crippen LogP contribution in [0.5, 0.6) is 0 Å². The number of hydrogen-bond donors (Lipinski definition) is 1. The highest BCUT2D eigenvalue weighted by Gasteiger charge is 2.34. The fraction of sp³-hybridized carbons (Fsp3) is 0.0667. The monoisotopic (exact) mass is 331 g/mol. The molecule has 0 radical (unpaired) electrons. The molecule has 0 saturated heterocycles. The van der Waals surface area contributed by atoms with Crippen LogP contribution in [0.4, 0.5) is 11.4 Å². The number of imide groups is 1. The van der Waals surface area contributed by atoms with Gasteiger partial charge in [-0.15, -0.1) is 0 Å². The zero-order chi connectivity index (χ0) is 16.6. The zero-order valence-corrected chi connectivity index (χ0v) is 12.4. The van der Waals surface area contributed by atoms with Crippen LogP contribution in [0.3, 0.4) is 0 Å². The molecule has 0 bridgehead atoms. The van der Waals surface area contributed by atoms with Crippen LogP contribution >= 0.6 is 11.6 Å². The first-order chi connectivity index (χ1) is 11.0. The SMILES string of the molecule is O=C1c2ccccc2C(=O)N1CNc1ccc(Cl)c([N+](=O)[O-])c1. The number of rotatable bonds is 4. The van der Waals surface area contributed by atoms with E-state index < -0.39 is 16.7 Å². The Kier molecular flexibility index (Phi) is 3.71. The number of amides is 2. The summed E-state index contributed by atoms with van der Waals surface area (Å²) < 4.78 is 0. The van der Waals surface area contributed by atoms with Crippen LogP contribution in [0.25, 0.3) is 0 Å². The van der Waals surface area contributed by atoms with Crippen molar-refractivity contribution in [1.29, 1.82) is 0 Å². The van der Waals surface area contributed by atoms with E-state index in [1.807, 2.05) is 0 Å². The fourth-order valence-corrected chi connectivity index (χ4v) is 2.50. The second-order valence-electron chi connectivity index (χ2n) is 4.84. The standard InChI is InChI=1S/C15H10ClN3O4/c16-12-6-5-9(7-13(12)19(22)23)17-8-18-14(20)10-3-1-2-4-11(10)15(18)21/h1-7,17H,8H2. The molecule has 3 rings (SSSR count). The number of carbonyl (C=O) groups excluding carboxylic acids is 2. The van der Waals surface area contributed by atoms with Gasteiger partial charge in [-0.2, -0.15) is 0 Å². The molecule has 2 aromatic carbocycles. The van der Waals surface area contributed by atoms with E-state index in [2.05, 4.69) is 5.32 Å². The second-order valence-corrected chi connectivity index (χ2v) is 5.25. The predicted molar refractivity (Wildman–Crippen MR) is 83.5 cm³/mol. The molecular formula is C15H10ClN3O4. The Morgan fingerprint density at radius 3 is 2.26 bits per heavy atom. The molecule has 0 aliphatic carbocycles. The number of halogens is 1. The molecule has 0 saturated carbocycles. The molecule has 8 heteroatoms. The highest BCUT2D eigenvalue weighted by atomic mass is 35.5. The third-order valence-corrected chi connectivity index (χ3v) is 3.78. The van der Waals surface area contributed by atoms with Crippen molar-refractivity contribution in [2.24, 2.45) is 0 Å². The molecule has 1 heterocycles. The largest absolute Gasteiger partial charge is 0.367 e. The summed E-state index contributed by atoms with van der Waals surface area (Å²) in [7, 11) is 0. The average Bonchev–Trinajstić information content (AvgIpc) is 2.78. The van der Waals surface area contributed by atoms with Crippen molar-refractivity contribution in [2.45, 2.75) is 0 Å². The Bertz CT molecular complexity index is 802. The van der Waals surface area contributed by atoms with E-state index in [1.165, 1.54) is 18.2 Å². The molecule has 0 aromatic heterocycles. The average molecular weight is 332 g/mol. The lowest BCUT2D eigenvalue weighted by Gasteiger charge is -2.15. The summed E-state index contributed by atoms with van der Waals surface area (Å²) in [6, 6.07) is 10.7. The molecule has 1 N–H and O–H groups in total. The van der Waals surface area contributed by atoms with Gasteiger partial charge in [0.05, 0.1) is 22.7 Å². The van der Waals surface area contributed by atoms with Gasteiger partial charge >= 0.3 is 0 Å². The van der Waals surface area contributed by atoms with E-state index in [4.69, 9.17) is 11.6 Å². The summed E-state index contributed by atoms with van der Waals surface area (Å²) in [6.07, 6.45) is 0. The van der Waals surface area contributed by atoms with E-state index in [-0.39, 0.29) is 17.4 Å². The lowest BCUT2D eigenvalue weighted by atomic mass is 10.1. The molecule has 116 valence electrons. The third-order valence-electron chi connectivity index (χ3n) is 3.46. The van der Waals surface area contributed by atoms with Crippen molar-refractivity contribution in [1.82, 2.24) is 4.90 Å². The normalized spacial score (nSPS) is 13.2. The number of nitro benzene ring substituents is 1. The van der Waals surface area contributed by atoms with Crippen molar-refractivity contribution in [3.05, 3.63) is 68.7 Å². The van der Waals surface area contributed by atoms with Crippen LogP contribution in [-0.2, 0) is 0 Å². The van der Waals surface area contributed by atoms with Crippen LogP contribution in [0.15, 0.2) is 42.5 Å². The molecule has 2 amide bonds. The van der Waals surface area contributed by atoms with Gasteiger partial charge in [0.1, 0.15) is 5.02 Å². The highest BCUT2D eigenvalue weighted by Crippen LogP contribution is 2.28. The van der Waals surface area contributed by atoms with E-state index in [1.54, 1.807) is 24.3 Å². The first-order valence-corrected chi connectivity index (χ1v) is 7.00. The lowest BCUT2D eigenvalue weighted by molar-refractivity contribution is -0.384. The van der Waals surface area contributed by atoms with Gasteiger partial charge in [0, 0.05) is 11.8 Å². The smallest absolute Gasteiger partial charge is 0.289 e. The van der Waals surface area contributed by atoms with Crippen molar-refractivity contribution in [3.8, 4) is 0 Å². The number of benzene rings is 2. The maximum absolute atomic E-state index is 12.2. The van der Waals surface area contributed by atoms with Gasteiger partial charge < -0.3 is 5.32 Å². The van der Waals surface area contributed by atoms with Crippen molar-refractivity contribution in [2.75, 3.05) is 12.0 Å². The molecule has 0 atom stereocenters. The molecule has 0 unspecified atom stereocenters. The Morgan fingerprint density at radius 1 is 1.09 bits per heavy atom. The molecule has 0 fully saturated rings. The quantitative estimate of drug-likeness (QED) is 0.528. The summed E-state index contributed by atoms with van der Waals surface area (Å²) in [5.74, 6) is -0.803. The van der Waals surface area contributed by atoms with Gasteiger partial charge in [-0.3, -0.25) is 24.6 Å². The Morgan fingerprint density at radius 2 is 1.70 bits per heavy atom. The maximum atomic E-state index is 12.2. The summed E-state index contributed by atoms with van der Waals surface area (Å²) >= 11 is 5.74. The fourth-order valence-electron chi connectivity index (χ4n) is 2.32. The van der Waals surface area contributed by atoms with Crippen LogP contribution in [0, 0.1) is 10.1 Å². The molecule has 2 aromatic rings. The minimum absolute atomic E-state index is 0.0151. The van der Waals surface area contributed by atoms with Crippen LogP contribution < -0.4 is 5.32 Å². The Hall–Kier alpha value is -2.93. The van der Waals surface area contributed by atoms with Crippen LogP contribution in [0.1, 0.15) is 20.7 Å². The molecule has 0 spiro atoms. The topological polar surface area (TPSA) is 92.6 Å². The molecule has 1 aliphatic heterocycles. The van der Waals surface area contributed by atoms with Crippen LogP contribution in [0.2, 0.25) is 5.02 Å². The molecule has 1 aliphatic rings. The number of nitrogens with one attached hydrogen (secondary N) is 1. The predicted octanol–water partition coefficient (Wildman–Crippen LogP) is 2.91. The van der Waals surface area contributed by atoms with Gasteiger partial charge in [0.15, 0.2) is 0 Å². The third kappa shape index (κ3) is 2.62. The highest BCUT2D eigenvalue weighted by molar-refractivity contribution is 6.32. The first-order valence-electron chi connectivity index (χ1n) is 6.62. The summed E-state index contributed by atoms with van der Waals surface area (Å²) in [6.45, 7) is -0.0921. The number of hydrogen-bond acceptors (Lipinski definition) is 5. The van der Waals surface area contributed by atoms with Crippen molar-refractivity contribution >= 4 is 34.8 Å². The summed E-state index contributed by atoms with van der Waals surface area (Å²) in [5.41, 5.74) is 0.833. The summed E-state index contributed by atoms with van der Waals surface area (Å²) in [5, 5.41) is 13.7. The van der Waals surface area contributed by atoms with E-state index in [0.717, 1.165) is 4.90 Å². The van der Waals surface area contributed by atoms with E-state index in [9.17, 15) is 19.7 Å². The minimum atomic E-state index is -0.602. The number of nitrogens with zero attached hydrogens (tertiary/aromatic N) is 2. The maximum Gasteiger partial charge on any atom is 0.289 e. The van der Waals surface area contributed by atoms with Crippen molar-refractivity contribution in [3.63, 3.8) is 0 Å². The van der Waals surface area contributed by atoms with Crippen LogP contribution in [-0.4, -0.2) is 28.3 Å². The Labute approximate surface area is 135 Å². The molecular weight excluding hydrogens is 322 g/mol. The van der Waals surface area contributed by atoms with Gasteiger partial charge in [0.2, 0.25) is 0 Å². The van der Waals surface area contributed by atoms with Gasteiger partial charge in [0.25, 0.3) is 17.5 Å². The zero-order valence-electron chi connectivity index (χ0n) is 11.7. The second kappa shape index (κ2) is 5.69. The lowest BCUT2D eigenvalue weighted by Crippen LogP contribution is -2.34. The number of carbonyl (C=O) groups is 2. The molecule has 7 nitrogen and oxygen atoms in total.